The van der Waals surface area contributed by atoms with Crippen molar-refractivity contribution in [2.75, 3.05) is 12.3 Å². The van der Waals surface area contributed by atoms with Crippen molar-refractivity contribution in [3.63, 3.8) is 0 Å². The van der Waals surface area contributed by atoms with E-state index < -0.39 is 10.0 Å². The number of nitrogen functional groups attached to an aromatic ring is 1. The average Bonchev–Trinajstić information content (AvgIpc) is 2.86. The second kappa shape index (κ2) is 5.64. The number of aromatic nitrogens is 2. The van der Waals surface area contributed by atoms with Gasteiger partial charge in [-0.15, -0.1) is 0 Å². The summed E-state index contributed by atoms with van der Waals surface area (Å²) in [6.45, 7) is 4.48. The van der Waals surface area contributed by atoms with Gasteiger partial charge in [-0.05, 0) is 43.2 Å². The van der Waals surface area contributed by atoms with Gasteiger partial charge in [0, 0.05) is 18.9 Å². The zero-order chi connectivity index (χ0) is 14.8. The number of nitrogens with one attached hydrogen (secondary N) is 1. The number of aryl methyl sites for hydroxylation is 2. The first-order chi connectivity index (χ1) is 9.40. The van der Waals surface area contributed by atoms with E-state index in [0.717, 1.165) is 11.1 Å². The fourth-order valence-corrected chi connectivity index (χ4v) is 3.07. The Morgan fingerprint density at radius 1 is 1.30 bits per heavy atom. The molecule has 3 N–H and O–H groups in total. The third kappa shape index (κ3) is 3.17. The van der Waals surface area contributed by atoms with Crippen LogP contribution in [0.3, 0.4) is 0 Å². The summed E-state index contributed by atoms with van der Waals surface area (Å²) in [4.78, 5) is 0.126. The van der Waals surface area contributed by atoms with E-state index in [9.17, 15) is 8.42 Å². The van der Waals surface area contributed by atoms with E-state index in [-0.39, 0.29) is 17.1 Å². The number of hydrogen-bond donors (Lipinski definition) is 2. The van der Waals surface area contributed by atoms with E-state index in [1.54, 1.807) is 35.3 Å². The lowest BCUT2D eigenvalue weighted by Gasteiger charge is -2.11. The highest BCUT2D eigenvalue weighted by atomic mass is 32.2. The molecule has 1 aromatic heterocycles. The molecule has 20 heavy (non-hydrogen) atoms. The molecule has 1 heterocycles. The Morgan fingerprint density at radius 2 is 2.00 bits per heavy atom. The molecule has 6 nitrogen and oxygen atoms in total. The van der Waals surface area contributed by atoms with Gasteiger partial charge in [-0.25, -0.2) is 13.1 Å². The number of sulfonamides is 1. The number of benzene rings is 1. The van der Waals surface area contributed by atoms with Gasteiger partial charge in [0.25, 0.3) is 0 Å². The Kier molecular flexibility index (Phi) is 4.10. The Balaban J connectivity index is 2.12. The summed E-state index contributed by atoms with van der Waals surface area (Å²) in [5.41, 5.74) is 7.94. The van der Waals surface area contributed by atoms with Crippen LogP contribution in [0.4, 0.5) is 5.69 Å². The van der Waals surface area contributed by atoms with Gasteiger partial charge < -0.3 is 5.73 Å². The summed E-state index contributed by atoms with van der Waals surface area (Å²) in [5, 5.41) is 4.01. The molecule has 0 amide bonds. The van der Waals surface area contributed by atoms with Crippen molar-refractivity contribution >= 4 is 15.7 Å². The number of anilines is 1. The SMILES string of the molecule is Cc1cc(N)c(S(=O)(=O)NCCn2cccn2)cc1C. The fourth-order valence-electron chi connectivity index (χ4n) is 1.85. The third-order valence-corrected chi connectivity index (χ3v) is 4.62. The van der Waals surface area contributed by atoms with Crippen molar-refractivity contribution in [1.29, 1.82) is 0 Å². The van der Waals surface area contributed by atoms with Crippen LogP contribution in [0.15, 0.2) is 35.5 Å². The Hall–Kier alpha value is -1.86. The van der Waals surface area contributed by atoms with Gasteiger partial charge in [0.15, 0.2) is 0 Å². The van der Waals surface area contributed by atoms with E-state index in [1.807, 2.05) is 13.8 Å². The molecule has 0 fully saturated rings. The molecule has 0 atom stereocenters. The van der Waals surface area contributed by atoms with Gasteiger partial charge in [-0.3, -0.25) is 4.68 Å². The third-order valence-electron chi connectivity index (χ3n) is 3.11. The van der Waals surface area contributed by atoms with Crippen molar-refractivity contribution in [2.45, 2.75) is 25.3 Å². The normalized spacial score (nSPS) is 11.7. The molecule has 0 radical (unpaired) electrons. The smallest absolute Gasteiger partial charge is 0.242 e. The van der Waals surface area contributed by atoms with Crippen LogP contribution in [0.1, 0.15) is 11.1 Å². The number of hydrogen-bond acceptors (Lipinski definition) is 4. The number of nitrogens with zero attached hydrogens (tertiary/aromatic N) is 2. The summed E-state index contributed by atoms with van der Waals surface area (Å²) in [5.74, 6) is 0. The zero-order valence-electron chi connectivity index (χ0n) is 11.5. The molecular formula is C13H18N4O2S. The highest BCUT2D eigenvalue weighted by Gasteiger charge is 2.17. The predicted molar refractivity (Wildman–Crippen MR) is 77.7 cm³/mol. The van der Waals surface area contributed by atoms with E-state index in [2.05, 4.69) is 9.82 Å². The minimum absolute atomic E-state index is 0.126. The summed E-state index contributed by atoms with van der Waals surface area (Å²) < 4.78 is 28.6. The van der Waals surface area contributed by atoms with E-state index in [0.29, 0.717) is 6.54 Å². The summed E-state index contributed by atoms with van der Waals surface area (Å²) >= 11 is 0. The van der Waals surface area contributed by atoms with Crippen LogP contribution in [0, 0.1) is 13.8 Å². The summed E-state index contributed by atoms with van der Waals surface area (Å²) in [7, 11) is -3.60. The lowest BCUT2D eigenvalue weighted by atomic mass is 10.1. The molecule has 0 unspecified atom stereocenters. The topological polar surface area (TPSA) is 90.0 Å². The maximum absolute atomic E-state index is 12.2. The first kappa shape index (κ1) is 14.5. The first-order valence-corrected chi connectivity index (χ1v) is 7.72. The molecule has 1 aromatic carbocycles. The van der Waals surface area contributed by atoms with Gasteiger partial charge in [0.1, 0.15) is 4.90 Å². The largest absolute Gasteiger partial charge is 0.398 e. The van der Waals surface area contributed by atoms with Crippen LogP contribution in [-0.4, -0.2) is 24.7 Å². The molecule has 0 saturated heterocycles. The van der Waals surface area contributed by atoms with Gasteiger partial charge >= 0.3 is 0 Å². The molecule has 2 rings (SSSR count). The van der Waals surface area contributed by atoms with Crippen LogP contribution >= 0.6 is 0 Å². The standard InChI is InChI=1S/C13H18N4O2S/c1-10-8-12(14)13(9-11(10)2)20(18,19)16-5-7-17-6-3-4-15-17/h3-4,6,8-9,16H,5,7,14H2,1-2H3. The quantitative estimate of drug-likeness (QED) is 0.807. The maximum atomic E-state index is 12.2. The lowest BCUT2D eigenvalue weighted by molar-refractivity contribution is 0.561. The van der Waals surface area contributed by atoms with Crippen LogP contribution in [0.2, 0.25) is 0 Å². The van der Waals surface area contributed by atoms with Crippen LogP contribution in [0.5, 0.6) is 0 Å². The predicted octanol–water partition coefficient (Wildman–Crippen LogP) is 1.06. The minimum Gasteiger partial charge on any atom is -0.398 e. The second-order valence-electron chi connectivity index (χ2n) is 4.64. The minimum atomic E-state index is -3.60. The van der Waals surface area contributed by atoms with Crippen molar-refractivity contribution in [3.8, 4) is 0 Å². The molecule has 0 spiro atoms. The average molecular weight is 294 g/mol. The number of rotatable bonds is 5. The monoisotopic (exact) mass is 294 g/mol. The molecule has 0 aliphatic carbocycles. The van der Waals surface area contributed by atoms with Crippen LogP contribution < -0.4 is 10.5 Å². The molecule has 0 aliphatic heterocycles. The van der Waals surface area contributed by atoms with Crippen molar-refractivity contribution < 1.29 is 8.42 Å². The Labute approximate surface area is 118 Å². The highest BCUT2D eigenvalue weighted by molar-refractivity contribution is 7.89. The molecule has 108 valence electrons. The first-order valence-electron chi connectivity index (χ1n) is 6.24. The van der Waals surface area contributed by atoms with Crippen molar-refractivity contribution in [3.05, 3.63) is 41.7 Å². The van der Waals surface area contributed by atoms with Crippen molar-refractivity contribution in [1.82, 2.24) is 14.5 Å². The Morgan fingerprint density at radius 3 is 2.65 bits per heavy atom. The highest BCUT2D eigenvalue weighted by Crippen LogP contribution is 2.22. The number of nitrogens with two attached hydrogens (primary N) is 1. The fraction of sp³-hybridized carbons (Fsp3) is 0.308. The van der Waals surface area contributed by atoms with Gasteiger partial charge in [-0.2, -0.15) is 5.10 Å². The molecular weight excluding hydrogens is 276 g/mol. The molecule has 0 saturated carbocycles. The van der Waals surface area contributed by atoms with Gasteiger partial charge in [0.05, 0.1) is 12.2 Å². The van der Waals surface area contributed by atoms with E-state index >= 15 is 0 Å². The Bertz CT molecular complexity index is 693. The zero-order valence-corrected chi connectivity index (χ0v) is 12.3. The summed E-state index contributed by atoms with van der Waals surface area (Å²) in [6.07, 6.45) is 3.43. The molecule has 2 aromatic rings. The maximum Gasteiger partial charge on any atom is 0.242 e. The van der Waals surface area contributed by atoms with Crippen LogP contribution in [0.25, 0.3) is 0 Å². The molecule has 7 heteroatoms. The van der Waals surface area contributed by atoms with Crippen molar-refractivity contribution in [2.24, 2.45) is 0 Å². The molecule has 0 bridgehead atoms. The van der Waals surface area contributed by atoms with Crippen LogP contribution in [-0.2, 0) is 16.6 Å². The molecule has 0 aliphatic rings. The van der Waals surface area contributed by atoms with Gasteiger partial charge in [0.2, 0.25) is 10.0 Å². The van der Waals surface area contributed by atoms with E-state index in [4.69, 9.17) is 5.73 Å². The lowest BCUT2D eigenvalue weighted by Crippen LogP contribution is -2.28. The van der Waals surface area contributed by atoms with Gasteiger partial charge in [-0.1, -0.05) is 0 Å². The van der Waals surface area contributed by atoms with E-state index in [1.165, 1.54) is 0 Å². The summed E-state index contributed by atoms with van der Waals surface area (Å²) in [6, 6.07) is 5.06. The second-order valence-corrected chi connectivity index (χ2v) is 6.38.